The van der Waals surface area contributed by atoms with Crippen LogP contribution >= 0.6 is 0 Å². The van der Waals surface area contributed by atoms with Crippen molar-refractivity contribution in [1.29, 1.82) is 0 Å². The van der Waals surface area contributed by atoms with Gasteiger partial charge in [0.25, 0.3) is 0 Å². The molecule has 0 aromatic carbocycles. The zero-order valence-corrected chi connectivity index (χ0v) is 10.8. The van der Waals surface area contributed by atoms with E-state index in [2.05, 4.69) is 9.97 Å². The lowest BCUT2D eigenvalue weighted by Gasteiger charge is -2.47. The molecule has 0 amide bonds. The minimum absolute atomic E-state index is 0.0426. The third kappa shape index (κ3) is 2.46. The molecule has 4 nitrogen and oxygen atoms in total. The summed E-state index contributed by atoms with van der Waals surface area (Å²) in [7, 11) is 0. The second kappa shape index (κ2) is 4.87. The highest BCUT2D eigenvalue weighted by atomic mass is 19.4. The van der Waals surface area contributed by atoms with Gasteiger partial charge in [0.1, 0.15) is 5.69 Å². The molecule has 20 heavy (non-hydrogen) atoms. The normalized spacial score (nSPS) is 30.4. The number of aliphatic hydroxyl groups is 1. The van der Waals surface area contributed by atoms with E-state index in [0.717, 1.165) is 31.5 Å². The Balaban J connectivity index is 1.92. The van der Waals surface area contributed by atoms with Crippen LogP contribution in [0.15, 0.2) is 12.3 Å². The van der Waals surface area contributed by atoms with Gasteiger partial charge in [0.05, 0.1) is 6.10 Å². The van der Waals surface area contributed by atoms with E-state index in [1.807, 2.05) is 4.90 Å². The largest absolute Gasteiger partial charge is 0.433 e. The van der Waals surface area contributed by atoms with E-state index in [4.69, 9.17) is 0 Å². The predicted molar refractivity (Wildman–Crippen MR) is 66.2 cm³/mol. The van der Waals surface area contributed by atoms with E-state index in [9.17, 15) is 18.3 Å². The average molecular weight is 287 g/mol. The van der Waals surface area contributed by atoms with Gasteiger partial charge in [-0.3, -0.25) is 0 Å². The first-order chi connectivity index (χ1) is 9.45. The van der Waals surface area contributed by atoms with Gasteiger partial charge in [-0.25, -0.2) is 9.97 Å². The number of aliphatic hydroxyl groups excluding tert-OH is 1. The molecule has 110 valence electrons. The molecular weight excluding hydrogens is 271 g/mol. The number of fused-ring (bicyclic) bond motifs is 2. The molecule has 2 aliphatic heterocycles. The van der Waals surface area contributed by atoms with Gasteiger partial charge in [-0.2, -0.15) is 13.2 Å². The first kappa shape index (κ1) is 13.6. The molecule has 2 bridgehead atoms. The molecule has 2 aliphatic rings. The number of hydrogen-bond donors (Lipinski definition) is 1. The van der Waals surface area contributed by atoms with Crippen LogP contribution in [0.4, 0.5) is 19.1 Å². The van der Waals surface area contributed by atoms with Crippen molar-refractivity contribution in [3.63, 3.8) is 0 Å². The molecule has 1 N–H and O–H groups in total. The number of hydrogen-bond acceptors (Lipinski definition) is 4. The van der Waals surface area contributed by atoms with Crippen molar-refractivity contribution in [3.8, 4) is 0 Å². The number of anilines is 1. The summed E-state index contributed by atoms with van der Waals surface area (Å²) in [6.45, 7) is 0. The summed E-state index contributed by atoms with van der Waals surface area (Å²) < 4.78 is 38.2. The zero-order chi connectivity index (χ0) is 14.3. The maximum Gasteiger partial charge on any atom is 0.433 e. The summed E-state index contributed by atoms with van der Waals surface area (Å²) in [5.74, 6) is 0.140. The van der Waals surface area contributed by atoms with E-state index in [1.165, 1.54) is 0 Å². The Bertz CT molecular complexity index is 480. The van der Waals surface area contributed by atoms with E-state index >= 15 is 0 Å². The number of rotatable bonds is 1. The van der Waals surface area contributed by atoms with Crippen LogP contribution in [-0.2, 0) is 6.18 Å². The number of piperidine rings is 2. The molecule has 2 saturated heterocycles. The van der Waals surface area contributed by atoms with Crippen LogP contribution in [0.25, 0.3) is 0 Å². The molecule has 7 heteroatoms. The average Bonchev–Trinajstić information content (AvgIpc) is 2.37. The van der Waals surface area contributed by atoms with Crippen molar-refractivity contribution in [1.82, 2.24) is 9.97 Å². The molecule has 3 atom stereocenters. The molecule has 3 heterocycles. The van der Waals surface area contributed by atoms with Crippen molar-refractivity contribution in [2.45, 2.75) is 56.5 Å². The van der Waals surface area contributed by atoms with Crippen molar-refractivity contribution >= 4 is 5.95 Å². The summed E-state index contributed by atoms with van der Waals surface area (Å²) in [4.78, 5) is 9.58. The molecule has 0 radical (unpaired) electrons. The number of nitrogens with zero attached hydrogens (tertiary/aromatic N) is 3. The maximum absolute atomic E-state index is 12.7. The van der Waals surface area contributed by atoms with Crippen molar-refractivity contribution in [3.05, 3.63) is 18.0 Å². The third-order valence-electron chi connectivity index (χ3n) is 4.11. The Morgan fingerprint density at radius 3 is 2.45 bits per heavy atom. The molecule has 0 spiro atoms. The second-order valence-corrected chi connectivity index (χ2v) is 5.51. The van der Waals surface area contributed by atoms with Gasteiger partial charge < -0.3 is 10.0 Å². The SMILES string of the molecule is OC1C[C@H]2CCC[C@@H](C1)N2c1nccc(C(F)(F)F)n1. The van der Waals surface area contributed by atoms with E-state index in [-0.39, 0.29) is 24.1 Å². The van der Waals surface area contributed by atoms with E-state index < -0.39 is 11.9 Å². The fourth-order valence-corrected chi connectivity index (χ4v) is 3.31. The van der Waals surface area contributed by atoms with Gasteiger partial charge >= 0.3 is 6.18 Å². The first-order valence-electron chi connectivity index (χ1n) is 6.82. The Hall–Kier alpha value is -1.37. The van der Waals surface area contributed by atoms with Crippen LogP contribution in [0.5, 0.6) is 0 Å². The number of alkyl halides is 3. The lowest BCUT2D eigenvalue weighted by atomic mass is 9.83. The summed E-state index contributed by atoms with van der Waals surface area (Å²) in [6.07, 6.45) is 0.269. The molecule has 1 aromatic heterocycles. The van der Waals surface area contributed by atoms with Gasteiger partial charge in [0.2, 0.25) is 5.95 Å². The Kier molecular flexibility index (Phi) is 3.32. The number of aromatic nitrogens is 2. The molecule has 3 rings (SSSR count). The standard InChI is InChI=1S/C13H16F3N3O/c14-13(15,16)11-4-5-17-12(18-11)19-8-2-1-3-9(19)7-10(20)6-8/h4-5,8-10,20H,1-3,6-7H2/t8-,9+,10?. The van der Waals surface area contributed by atoms with Gasteiger partial charge in [-0.15, -0.1) is 0 Å². The minimum Gasteiger partial charge on any atom is -0.393 e. The van der Waals surface area contributed by atoms with Gasteiger partial charge in [-0.1, -0.05) is 0 Å². The van der Waals surface area contributed by atoms with Crippen LogP contribution in [0, 0.1) is 0 Å². The van der Waals surface area contributed by atoms with Crippen molar-refractivity contribution < 1.29 is 18.3 Å². The fourth-order valence-electron chi connectivity index (χ4n) is 3.31. The van der Waals surface area contributed by atoms with E-state index in [0.29, 0.717) is 12.8 Å². The monoisotopic (exact) mass is 287 g/mol. The molecule has 2 fully saturated rings. The van der Waals surface area contributed by atoms with Crippen LogP contribution in [0.3, 0.4) is 0 Å². The van der Waals surface area contributed by atoms with Crippen molar-refractivity contribution in [2.75, 3.05) is 4.90 Å². The molecule has 1 unspecified atom stereocenters. The zero-order valence-electron chi connectivity index (χ0n) is 10.8. The van der Waals surface area contributed by atoms with Crippen LogP contribution in [0.1, 0.15) is 37.8 Å². The lowest BCUT2D eigenvalue weighted by molar-refractivity contribution is -0.141. The first-order valence-corrected chi connectivity index (χ1v) is 6.82. The predicted octanol–water partition coefficient (Wildman–Crippen LogP) is 2.38. The topological polar surface area (TPSA) is 49.2 Å². The third-order valence-corrected chi connectivity index (χ3v) is 4.11. The molecule has 1 aromatic rings. The maximum atomic E-state index is 12.7. The molecule has 0 saturated carbocycles. The molecule has 0 aliphatic carbocycles. The van der Waals surface area contributed by atoms with Gasteiger partial charge in [-0.05, 0) is 38.2 Å². The van der Waals surface area contributed by atoms with Gasteiger partial charge in [0.15, 0.2) is 0 Å². The van der Waals surface area contributed by atoms with E-state index in [1.54, 1.807) is 0 Å². The summed E-state index contributed by atoms with van der Waals surface area (Å²) in [5, 5.41) is 9.82. The number of halogens is 3. The van der Waals surface area contributed by atoms with Crippen LogP contribution in [-0.4, -0.2) is 33.3 Å². The summed E-state index contributed by atoms with van der Waals surface area (Å²) in [5.41, 5.74) is -0.910. The van der Waals surface area contributed by atoms with Crippen LogP contribution in [0.2, 0.25) is 0 Å². The lowest BCUT2D eigenvalue weighted by Crippen LogP contribution is -2.54. The van der Waals surface area contributed by atoms with Crippen LogP contribution < -0.4 is 4.90 Å². The minimum atomic E-state index is -4.46. The van der Waals surface area contributed by atoms with Crippen molar-refractivity contribution in [2.24, 2.45) is 0 Å². The Morgan fingerprint density at radius 2 is 1.85 bits per heavy atom. The molecular formula is C13H16F3N3O. The summed E-state index contributed by atoms with van der Waals surface area (Å²) >= 11 is 0. The highest BCUT2D eigenvalue weighted by Gasteiger charge is 2.40. The Labute approximate surface area is 114 Å². The summed E-state index contributed by atoms with van der Waals surface area (Å²) in [6, 6.07) is 0.972. The highest BCUT2D eigenvalue weighted by molar-refractivity contribution is 5.37. The highest BCUT2D eigenvalue weighted by Crippen LogP contribution is 2.37. The second-order valence-electron chi connectivity index (χ2n) is 5.51. The van der Waals surface area contributed by atoms with Gasteiger partial charge in [0, 0.05) is 18.3 Å². The Morgan fingerprint density at radius 1 is 1.20 bits per heavy atom. The fraction of sp³-hybridized carbons (Fsp3) is 0.692. The smallest absolute Gasteiger partial charge is 0.393 e. The quantitative estimate of drug-likeness (QED) is 0.861.